The number of sulfonamides is 1. The number of rotatable bonds is 9. The first-order valence-corrected chi connectivity index (χ1v) is 14.4. The van der Waals surface area contributed by atoms with Gasteiger partial charge in [0.2, 0.25) is 21.8 Å². The third-order valence-electron chi connectivity index (χ3n) is 6.06. The van der Waals surface area contributed by atoms with E-state index in [9.17, 15) is 18.0 Å². The number of nitrogens with one attached hydrogen (secondary N) is 1. The van der Waals surface area contributed by atoms with Crippen LogP contribution in [0.4, 0.5) is 0 Å². The van der Waals surface area contributed by atoms with Crippen molar-refractivity contribution in [3.05, 3.63) is 76.3 Å². The number of likely N-dealkylation sites (N-methyl/N-ethyl adjacent to an activating group) is 1. The number of hydrogen-bond donors (Lipinski definition) is 1. The summed E-state index contributed by atoms with van der Waals surface area (Å²) in [6.45, 7) is 6.79. The Kier molecular flexibility index (Phi) is 9.47. The van der Waals surface area contributed by atoms with Gasteiger partial charge in [-0.3, -0.25) is 9.59 Å². The minimum absolute atomic E-state index is 0.0583. The average molecular weight is 579 g/mol. The molecule has 3 rings (SSSR count). The molecule has 7 nitrogen and oxygen atoms in total. The lowest BCUT2D eigenvalue weighted by molar-refractivity contribution is -0.142. The molecule has 2 amide bonds. The Morgan fingerprint density at radius 1 is 0.947 bits per heavy atom. The van der Waals surface area contributed by atoms with Crippen LogP contribution in [0.15, 0.2) is 65.6 Å². The number of halogens is 2. The first-order chi connectivity index (χ1) is 17.7. The minimum Gasteiger partial charge on any atom is -0.350 e. The molecule has 0 spiro atoms. The zero-order chi connectivity index (χ0) is 28.3. The molecule has 1 unspecified atom stereocenters. The number of hydrogen-bond acceptors (Lipinski definition) is 4. The maximum Gasteiger partial charge on any atom is 0.243 e. The Bertz CT molecular complexity index is 1420. The number of fused-ring (bicyclic) bond motifs is 1. The summed E-state index contributed by atoms with van der Waals surface area (Å²) >= 11 is 12.8. The van der Waals surface area contributed by atoms with Crippen molar-refractivity contribution in [2.45, 2.75) is 57.1 Å². The van der Waals surface area contributed by atoms with Crippen LogP contribution in [-0.2, 0) is 26.2 Å². The van der Waals surface area contributed by atoms with Gasteiger partial charge in [-0.05, 0) is 62.2 Å². The largest absolute Gasteiger partial charge is 0.350 e. The van der Waals surface area contributed by atoms with Gasteiger partial charge in [-0.1, -0.05) is 66.5 Å². The molecule has 1 atom stereocenters. The number of carbonyl (C=O) groups is 2. The van der Waals surface area contributed by atoms with Gasteiger partial charge in [0, 0.05) is 34.7 Å². The number of carbonyl (C=O) groups excluding carboxylic acids is 2. The third kappa shape index (κ3) is 7.05. The lowest BCUT2D eigenvalue weighted by Crippen LogP contribution is -2.55. The molecule has 1 N–H and O–H groups in total. The average Bonchev–Trinajstić information content (AvgIpc) is 2.84. The predicted octanol–water partition coefficient (Wildman–Crippen LogP) is 5.49. The zero-order valence-corrected chi connectivity index (χ0v) is 24.5. The van der Waals surface area contributed by atoms with Gasteiger partial charge >= 0.3 is 0 Å². The molecular weight excluding hydrogens is 545 g/mol. The standard InChI is InChI=1S/C28H33Cl2N3O4S/c1-6-25(27(35)31-28(2,3)4)33(17-22-23(29)12-9-13-24(22)30)26(34)18-32(5)38(36,37)21-15-14-19-10-7-8-11-20(19)16-21/h7-16,25H,6,17-18H2,1-5H3,(H,31,35). The Hall–Kier alpha value is -2.65. The highest BCUT2D eigenvalue weighted by Gasteiger charge is 2.33. The highest BCUT2D eigenvalue weighted by atomic mass is 35.5. The van der Waals surface area contributed by atoms with E-state index in [0.29, 0.717) is 22.0 Å². The second-order valence-electron chi connectivity index (χ2n) is 10.2. The van der Waals surface area contributed by atoms with Gasteiger partial charge in [-0.2, -0.15) is 4.31 Å². The first kappa shape index (κ1) is 29.9. The number of amides is 2. The van der Waals surface area contributed by atoms with Crippen molar-refractivity contribution in [2.75, 3.05) is 13.6 Å². The SMILES string of the molecule is CCC(C(=O)NC(C)(C)C)N(Cc1c(Cl)cccc1Cl)C(=O)CN(C)S(=O)(=O)c1ccc2ccccc2c1. The molecule has 3 aromatic carbocycles. The van der Waals surface area contributed by atoms with Crippen LogP contribution >= 0.6 is 23.2 Å². The second-order valence-corrected chi connectivity index (χ2v) is 13.0. The van der Waals surface area contributed by atoms with Gasteiger partial charge in [0.15, 0.2) is 0 Å². The molecule has 204 valence electrons. The zero-order valence-electron chi connectivity index (χ0n) is 22.2. The van der Waals surface area contributed by atoms with Crippen LogP contribution in [0, 0.1) is 0 Å². The molecule has 3 aromatic rings. The summed E-state index contributed by atoms with van der Waals surface area (Å²) in [6, 6.07) is 16.4. The van der Waals surface area contributed by atoms with Crippen molar-refractivity contribution >= 4 is 55.8 Å². The predicted molar refractivity (Wildman–Crippen MR) is 153 cm³/mol. The van der Waals surface area contributed by atoms with Crippen LogP contribution in [0.3, 0.4) is 0 Å². The Morgan fingerprint density at radius 2 is 1.55 bits per heavy atom. The van der Waals surface area contributed by atoms with Gasteiger partial charge in [0.25, 0.3) is 0 Å². The summed E-state index contributed by atoms with van der Waals surface area (Å²) in [7, 11) is -2.65. The van der Waals surface area contributed by atoms with Crippen molar-refractivity contribution in [1.82, 2.24) is 14.5 Å². The lowest BCUT2D eigenvalue weighted by Gasteiger charge is -2.34. The number of nitrogens with zero attached hydrogens (tertiary/aromatic N) is 2. The van der Waals surface area contributed by atoms with Gasteiger partial charge < -0.3 is 10.2 Å². The van der Waals surface area contributed by atoms with Crippen LogP contribution in [0.5, 0.6) is 0 Å². The summed E-state index contributed by atoms with van der Waals surface area (Å²) in [4.78, 5) is 28.3. The molecule has 0 bridgehead atoms. The number of benzene rings is 3. The smallest absolute Gasteiger partial charge is 0.243 e. The molecule has 10 heteroatoms. The fraction of sp³-hybridized carbons (Fsp3) is 0.357. The summed E-state index contributed by atoms with van der Waals surface area (Å²) in [5.41, 5.74) is -0.0523. The first-order valence-electron chi connectivity index (χ1n) is 12.2. The van der Waals surface area contributed by atoms with E-state index in [1.54, 1.807) is 37.3 Å². The summed E-state index contributed by atoms with van der Waals surface area (Å²) in [6.07, 6.45) is 0.302. The normalized spacial score (nSPS) is 12.9. The van der Waals surface area contributed by atoms with Crippen LogP contribution < -0.4 is 5.32 Å². The molecule has 0 radical (unpaired) electrons. The maximum atomic E-state index is 13.7. The molecule has 0 fully saturated rings. The van der Waals surface area contributed by atoms with Gasteiger partial charge in [0.05, 0.1) is 11.4 Å². The van der Waals surface area contributed by atoms with Crippen molar-refractivity contribution in [1.29, 1.82) is 0 Å². The molecule has 0 saturated heterocycles. The Balaban J connectivity index is 1.94. The van der Waals surface area contributed by atoms with Gasteiger partial charge in [-0.25, -0.2) is 8.42 Å². The summed E-state index contributed by atoms with van der Waals surface area (Å²) in [5, 5.41) is 5.29. The highest BCUT2D eigenvalue weighted by Crippen LogP contribution is 2.28. The van der Waals surface area contributed by atoms with Crippen molar-refractivity contribution < 1.29 is 18.0 Å². The van der Waals surface area contributed by atoms with Crippen molar-refractivity contribution in [2.24, 2.45) is 0 Å². The summed E-state index contributed by atoms with van der Waals surface area (Å²) in [5.74, 6) is -0.902. The van der Waals surface area contributed by atoms with Gasteiger partial charge in [0.1, 0.15) is 6.04 Å². The van der Waals surface area contributed by atoms with Gasteiger partial charge in [-0.15, -0.1) is 0 Å². The molecule has 38 heavy (non-hydrogen) atoms. The molecular formula is C28H33Cl2N3O4S. The molecule has 0 aliphatic rings. The quantitative estimate of drug-likeness (QED) is 0.364. The van der Waals surface area contributed by atoms with E-state index in [4.69, 9.17) is 23.2 Å². The van der Waals surface area contributed by atoms with E-state index in [1.807, 2.05) is 45.0 Å². The van der Waals surface area contributed by atoms with Crippen LogP contribution in [0.25, 0.3) is 10.8 Å². The second kappa shape index (κ2) is 12.0. The molecule has 0 aromatic heterocycles. The van der Waals surface area contributed by atoms with E-state index < -0.39 is 34.1 Å². The highest BCUT2D eigenvalue weighted by molar-refractivity contribution is 7.89. The van der Waals surface area contributed by atoms with Crippen LogP contribution in [-0.4, -0.2) is 54.6 Å². The van der Waals surface area contributed by atoms with Crippen LogP contribution in [0.2, 0.25) is 10.0 Å². The molecule has 0 heterocycles. The molecule has 0 saturated carbocycles. The summed E-state index contributed by atoms with van der Waals surface area (Å²) < 4.78 is 27.8. The monoisotopic (exact) mass is 577 g/mol. The maximum absolute atomic E-state index is 13.7. The van der Waals surface area contributed by atoms with E-state index in [0.717, 1.165) is 15.1 Å². The van der Waals surface area contributed by atoms with Crippen molar-refractivity contribution in [3.63, 3.8) is 0 Å². The fourth-order valence-electron chi connectivity index (χ4n) is 4.10. The van der Waals surface area contributed by atoms with E-state index in [-0.39, 0.29) is 17.3 Å². The van der Waals surface area contributed by atoms with Crippen LogP contribution in [0.1, 0.15) is 39.7 Å². The fourth-order valence-corrected chi connectivity index (χ4v) is 5.77. The van der Waals surface area contributed by atoms with E-state index >= 15 is 0 Å². The minimum atomic E-state index is -4.00. The third-order valence-corrected chi connectivity index (χ3v) is 8.57. The Morgan fingerprint density at radius 3 is 2.13 bits per heavy atom. The van der Waals surface area contributed by atoms with E-state index in [1.165, 1.54) is 18.0 Å². The molecule has 0 aliphatic carbocycles. The van der Waals surface area contributed by atoms with Crippen molar-refractivity contribution in [3.8, 4) is 0 Å². The lowest BCUT2D eigenvalue weighted by atomic mass is 10.1. The molecule has 0 aliphatic heterocycles. The Labute approximate surface area is 234 Å². The topological polar surface area (TPSA) is 86.8 Å². The van der Waals surface area contributed by atoms with E-state index in [2.05, 4.69) is 5.32 Å².